The van der Waals surface area contributed by atoms with Gasteiger partial charge < -0.3 is 15.5 Å². The Bertz CT molecular complexity index is 551. The van der Waals surface area contributed by atoms with E-state index in [-0.39, 0.29) is 29.2 Å². The third kappa shape index (κ3) is 5.23. The zero-order chi connectivity index (χ0) is 16.7. The van der Waals surface area contributed by atoms with Gasteiger partial charge in [-0.25, -0.2) is 15.2 Å². The minimum atomic E-state index is -1.35. The molecule has 0 fully saturated rings. The van der Waals surface area contributed by atoms with Crippen LogP contribution in [0.15, 0.2) is 23.3 Å². The minimum Gasteiger partial charge on any atom is -0.595 e. The predicted molar refractivity (Wildman–Crippen MR) is 79.7 cm³/mol. The molecule has 10 nitrogen and oxygen atoms in total. The Morgan fingerprint density at radius 2 is 2.05 bits per heavy atom. The molecule has 2 unspecified atom stereocenters. The average Bonchev–Trinajstić information content (AvgIpc) is 2.46. The van der Waals surface area contributed by atoms with Gasteiger partial charge >= 0.3 is 5.97 Å². The van der Waals surface area contributed by atoms with Gasteiger partial charge in [-0.2, -0.15) is 27.3 Å². The van der Waals surface area contributed by atoms with Crippen molar-refractivity contribution in [2.24, 2.45) is 5.10 Å². The number of anilines is 1. The number of thioether (sulfide) groups is 1. The highest BCUT2D eigenvalue weighted by atomic mass is 32.2. The Morgan fingerprint density at radius 3 is 2.55 bits per heavy atom. The van der Waals surface area contributed by atoms with E-state index in [4.69, 9.17) is 15.5 Å². The number of hydrazone groups is 1. The fourth-order valence-corrected chi connectivity index (χ4v) is 1.89. The van der Waals surface area contributed by atoms with Crippen molar-refractivity contribution >= 4 is 40.5 Å². The lowest BCUT2D eigenvalue weighted by atomic mass is 10.2. The lowest BCUT2D eigenvalue weighted by molar-refractivity contribution is -0.996. The summed E-state index contributed by atoms with van der Waals surface area (Å²) >= 11 is 1.45. The van der Waals surface area contributed by atoms with Crippen LogP contribution in [0.2, 0.25) is 0 Å². The largest absolute Gasteiger partial charge is 0.595 e. The van der Waals surface area contributed by atoms with Crippen LogP contribution < -0.4 is 15.9 Å². The maximum atomic E-state index is 11.1. The maximum absolute atomic E-state index is 11.1. The zero-order valence-corrected chi connectivity index (χ0v) is 12.4. The van der Waals surface area contributed by atoms with Crippen LogP contribution in [0.25, 0.3) is 0 Å². The fraction of sp³-hybridized carbons (Fsp3) is 0.273. The van der Waals surface area contributed by atoms with Gasteiger partial charge in [0.05, 0.1) is 6.07 Å². The molecule has 0 aliphatic heterocycles. The van der Waals surface area contributed by atoms with E-state index in [0.29, 0.717) is 5.75 Å². The summed E-state index contributed by atoms with van der Waals surface area (Å²) in [5, 5.41) is 50.0. The monoisotopic (exact) mass is 332 g/mol. The van der Waals surface area contributed by atoms with Crippen LogP contribution in [0, 0.1) is 10.4 Å². The van der Waals surface area contributed by atoms with Gasteiger partial charge in [-0.1, -0.05) is 0 Å². The topological polar surface area (TPSA) is 157 Å². The van der Waals surface area contributed by atoms with Gasteiger partial charge in [0.15, 0.2) is 11.4 Å². The molecule has 0 radical (unpaired) electrons. The second kappa shape index (κ2) is 8.65. The Balaban J connectivity index is 3.02. The smallest absolute Gasteiger partial charge is 0.352 e. The highest BCUT2D eigenvalue weighted by Gasteiger charge is 2.15. The Labute approximate surface area is 129 Å². The summed E-state index contributed by atoms with van der Waals surface area (Å²) in [5.74, 6) is -0.656. The fourth-order valence-electron chi connectivity index (χ4n) is 1.49. The van der Waals surface area contributed by atoms with Gasteiger partial charge in [-0.15, -0.1) is 0 Å². The van der Waals surface area contributed by atoms with Gasteiger partial charge in [-0.05, 0) is 18.1 Å². The number of carboxylic acids is 1. The average molecular weight is 332 g/mol. The van der Waals surface area contributed by atoms with Crippen molar-refractivity contribution in [2.45, 2.75) is 6.42 Å². The van der Waals surface area contributed by atoms with Crippen molar-refractivity contribution in [1.82, 2.24) is 0 Å². The summed E-state index contributed by atoms with van der Waals surface area (Å²) < 4.78 is 0. The molecule has 11 heteroatoms. The second-order valence-corrected chi connectivity index (χ2v) is 5.07. The highest BCUT2D eigenvalue weighted by molar-refractivity contribution is 7.98. The second-order valence-electron chi connectivity index (χ2n) is 4.09. The third-order valence-corrected chi connectivity index (χ3v) is 3.21. The number of nitrogens with one attached hydrogen (secondary N) is 3. The number of rotatable bonds is 8. The molecule has 2 atom stereocenters. The van der Waals surface area contributed by atoms with Crippen LogP contribution in [0.3, 0.4) is 0 Å². The van der Waals surface area contributed by atoms with Gasteiger partial charge in [0, 0.05) is 12.5 Å². The van der Waals surface area contributed by atoms with Crippen LogP contribution in [0.5, 0.6) is 0 Å². The van der Waals surface area contributed by atoms with Crippen LogP contribution >= 0.6 is 11.8 Å². The molecule has 0 aliphatic carbocycles. The summed E-state index contributed by atoms with van der Waals surface area (Å²) in [4.78, 5) is 11.0. The van der Waals surface area contributed by atoms with Crippen molar-refractivity contribution in [1.29, 1.82) is 0 Å². The first kappa shape index (κ1) is 18.3. The summed E-state index contributed by atoms with van der Waals surface area (Å²) in [5.41, 5.74) is 1.75. The lowest BCUT2D eigenvalue weighted by Gasteiger charge is -2.18. The standard InChI is InChI=1S/C11H16N4O6S/c1-22-5-4-9(11(16)17)13-12-8-3-2-7(14(18)19)6-10(8)15(20)21/h2-3,6,12,14-15,18,20H,4-5H2,1H3,(H,16,17). The Morgan fingerprint density at radius 1 is 1.36 bits per heavy atom. The molecule has 0 saturated heterocycles. The quantitative estimate of drug-likeness (QED) is 0.264. The SMILES string of the molecule is CSCCC(=NNc1ccc([NH+]([O-])O)cc1[NH+]([O-])O)C(=O)O. The van der Waals surface area contributed by atoms with E-state index in [1.165, 1.54) is 23.9 Å². The van der Waals surface area contributed by atoms with E-state index >= 15 is 0 Å². The van der Waals surface area contributed by atoms with Crippen molar-refractivity contribution in [2.75, 3.05) is 17.4 Å². The molecule has 0 amide bonds. The molecule has 0 heterocycles. The molecule has 22 heavy (non-hydrogen) atoms. The van der Waals surface area contributed by atoms with Gasteiger partial charge in [0.1, 0.15) is 11.4 Å². The summed E-state index contributed by atoms with van der Waals surface area (Å²) in [7, 11) is 0. The Hall–Kier alpha value is -1.73. The normalized spacial score (nSPS) is 14.5. The van der Waals surface area contributed by atoms with Crippen LogP contribution in [0.4, 0.5) is 17.1 Å². The first-order valence-electron chi connectivity index (χ1n) is 6.02. The molecule has 0 aromatic heterocycles. The molecule has 0 spiro atoms. The first-order valence-corrected chi connectivity index (χ1v) is 7.41. The van der Waals surface area contributed by atoms with Crippen LogP contribution in [-0.4, -0.2) is 39.2 Å². The number of hydrogen-bond acceptors (Lipinski definition) is 8. The van der Waals surface area contributed by atoms with Crippen molar-refractivity contribution in [3.8, 4) is 0 Å². The number of aliphatic carboxylic acids is 1. The number of carbonyl (C=O) groups is 1. The van der Waals surface area contributed by atoms with E-state index in [2.05, 4.69) is 10.5 Å². The molecule has 0 saturated carbocycles. The van der Waals surface area contributed by atoms with E-state index in [9.17, 15) is 15.2 Å². The third-order valence-electron chi connectivity index (χ3n) is 2.60. The van der Waals surface area contributed by atoms with Gasteiger partial charge in [-0.3, -0.25) is 5.43 Å². The molecular formula is C11H16N4O6S. The van der Waals surface area contributed by atoms with Crippen LogP contribution in [-0.2, 0) is 4.79 Å². The maximum Gasteiger partial charge on any atom is 0.352 e. The minimum absolute atomic E-state index is 0.0143. The Kier molecular flexibility index (Phi) is 7.20. The van der Waals surface area contributed by atoms with Crippen LogP contribution in [0.1, 0.15) is 6.42 Å². The molecular weight excluding hydrogens is 316 g/mol. The number of hydrogen-bond donors (Lipinski definition) is 6. The molecule has 122 valence electrons. The molecule has 6 N–H and O–H groups in total. The first-order chi connectivity index (χ1) is 10.4. The molecule has 1 rings (SSSR count). The molecule has 1 aromatic carbocycles. The molecule has 0 aliphatic rings. The van der Waals surface area contributed by atoms with E-state index < -0.39 is 16.4 Å². The number of nitrogens with zero attached hydrogens (tertiary/aromatic N) is 1. The summed E-state index contributed by atoms with van der Waals surface area (Å²) in [6.07, 6.45) is 2.03. The van der Waals surface area contributed by atoms with E-state index in [0.717, 1.165) is 6.07 Å². The predicted octanol–water partition coefficient (Wildman–Crippen LogP) is -0.901. The lowest BCUT2D eigenvalue weighted by Crippen LogP contribution is -3.00. The van der Waals surface area contributed by atoms with E-state index in [1.54, 1.807) is 0 Å². The number of carboxylic acid groups (broad SMARTS) is 1. The van der Waals surface area contributed by atoms with E-state index in [1.807, 2.05) is 6.26 Å². The number of benzene rings is 1. The summed E-state index contributed by atoms with van der Waals surface area (Å²) in [6, 6.07) is 3.41. The highest BCUT2D eigenvalue weighted by Crippen LogP contribution is 2.20. The van der Waals surface area contributed by atoms with Gasteiger partial charge in [0.25, 0.3) is 0 Å². The van der Waals surface area contributed by atoms with Crippen molar-refractivity contribution in [3.63, 3.8) is 0 Å². The summed E-state index contributed by atoms with van der Waals surface area (Å²) in [6.45, 7) is 0. The number of quaternary nitrogens is 2. The molecule has 0 bridgehead atoms. The van der Waals surface area contributed by atoms with Crippen molar-refractivity contribution < 1.29 is 30.8 Å². The van der Waals surface area contributed by atoms with Crippen molar-refractivity contribution in [3.05, 3.63) is 28.6 Å². The zero-order valence-electron chi connectivity index (χ0n) is 11.6. The molecule has 1 aromatic rings. The van der Waals surface area contributed by atoms with Gasteiger partial charge in [0.2, 0.25) is 0 Å².